The minimum Gasteiger partial charge on any atom is -0.483 e. The molecule has 0 radical (unpaired) electrons. The molecule has 10 heteroatoms. The number of carboxylic acid groups (broad SMARTS) is 1. The van der Waals surface area contributed by atoms with Crippen molar-refractivity contribution in [3.8, 4) is 0 Å². The summed E-state index contributed by atoms with van der Waals surface area (Å²) in [6.45, 7) is 9.68. The van der Waals surface area contributed by atoms with E-state index in [-0.39, 0.29) is 30.0 Å². The minimum atomic E-state index is -0.511. The molecule has 2 aliphatic rings. The Morgan fingerprint density at radius 3 is 2.70 bits per heavy atom. The highest BCUT2D eigenvalue weighted by molar-refractivity contribution is 7.09. The first-order valence-corrected chi connectivity index (χ1v) is 11.1. The third-order valence-corrected chi connectivity index (χ3v) is 6.06. The van der Waals surface area contributed by atoms with Gasteiger partial charge in [0.25, 0.3) is 6.47 Å². The number of urea groups is 1. The van der Waals surface area contributed by atoms with Crippen LogP contribution in [0.25, 0.3) is 0 Å². The van der Waals surface area contributed by atoms with Gasteiger partial charge in [0.2, 0.25) is 5.91 Å². The lowest BCUT2D eigenvalue weighted by Crippen LogP contribution is -2.57. The highest BCUT2D eigenvalue weighted by atomic mass is 32.1. The van der Waals surface area contributed by atoms with Gasteiger partial charge in [0.15, 0.2) is 0 Å². The van der Waals surface area contributed by atoms with Gasteiger partial charge < -0.3 is 21.1 Å². The number of amides is 3. The van der Waals surface area contributed by atoms with Crippen molar-refractivity contribution < 1.29 is 19.5 Å². The number of carbonyl (C=O) groups excluding carboxylic acids is 2. The normalized spacial score (nSPS) is 23.5. The molecular formula is C20H33N5O4S. The fourth-order valence-corrected chi connectivity index (χ4v) is 4.77. The van der Waals surface area contributed by atoms with Crippen molar-refractivity contribution in [2.24, 2.45) is 0 Å². The summed E-state index contributed by atoms with van der Waals surface area (Å²) >= 11 is 1.59. The Balaban J connectivity index is 0.00000101. The van der Waals surface area contributed by atoms with Crippen LogP contribution in [0.5, 0.6) is 0 Å². The second-order valence-corrected chi connectivity index (χ2v) is 9.89. The molecule has 168 valence electrons. The highest BCUT2D eigenvalue weighted by Crippen LogP contribution is 2.38. The molecule has 3 heterocycles. The first kappa shape index (κ1) is 24.1. The van der Waals surface area contributed by atoms with Gasteiger partial charge in [-0.15, -0.1) is 11.3 Å². The van der Waals surface area contributed by atoms with E-state index in [0.29, 0.717) is 13.0 Å². The van der Waals surface area contributed by atoms with Crippen LogP contribution in [0.3, 0.4) is 0 Å². The molecule has 2 atom stereocenters. The molecule has 2 aliphatic heterocycles. The van der Waals surface area contributed by atoms with E-state index in [1.165, 1.54) is 0 Å². The predicted octanol–water partition coefficient (Wildman–Crippen LogP) is 1.86. The predicted molar refractivity (Wildman–Crippen MR) is 115 cm³/mol. The van der Waals surface area contributed by atoms with E-state index in [4.69, 9.17) is 9.90 Å². The number of aromatic nitrogens is 1. The maximum Gasteiger partial charge on any atom is 0.315 e. The molecule has 0 bridgehead atoms. The molecule has 3 amide bonds. The highest BCUT2D eigenvalue weighted by Gasteiger charge is 2.52. The fraction of sp³-hybridized carbons (Fsp3) is 0.700. The summed E-state index contributed by atoms with van der Waals surface area (Å²) in [7, 11) is 0. The van der Waals surface area contributed by atoms with Crippen LogP contribution in [0.2, 0.25) is 0 Å². The average Bonchev–Trinajstić information content (AvgIpc) is 3.22. The molecule has 3 rings (SSSR count). The Labute approximate surface area is 181 Å². The van der Waals surface area contributed by atoms with Crippen molar-refractivity contribution in [1.29, 1.82) is 0 Å². The lowest BCUT2D eigenvalue weighted by molar-refractivity contribution is -0.134. The largest absolute Gasteiger partial charge is 0.483 e. The molecule has 4 N–H and O–H groups in total. The van der Waals surface area contributed by atoms with E-state index in [9.17, 15) is 9.59 Å². The molecule has 0 spiro atoms. The maximum absolute atomic E-state index is 13.1. The van der Waals surface area contributed by atoms with Crippen LogP contribution < -0.4 is 16.0 Å². The Morgan fingerprint density at radius 2 is 2.10 bits per heavy atom. The van der Waals surface area contributed by atoms with Crippen molar-refractivity contribution in [2.45, 2.75) is 77.0 Å². The van der Waals surface area contributed by atoms with Crippen LogP contribution in [0.4, 0.5) is 4.79 Å². The van der Waals surface area contributed by atoms with Crippen LogP contribution >= 0.6 is 11.3 Å². The van der Waals surface area contributed by atoms with Gasteiger partial charge in [0, 0.05) is 23.5 Å². The Morgan fingerprint density at radius 1 is 1.40 bits per heavy atom. The van der Waals surface area contributed by atoms with Crippen molar-refractivity contribution >= 4 is 29.7 Å². The van der Waals surface area contributed by atoms with Gasteiger partial charge in [-0.05, 0) is 59.9 Å². The first-order chi connectivity index (χ1) is 14.1. The Kier molecular flexibility index (Phi) is 8.19. The summed E-state index contributed by atoms with van der Waals surface area (Å²) in [6, 6.07) is -0.182. The second kappa shape index (κ2) is 10.2. The quantitative estimate of drug-likeness (QED) is 0.531. The van der Waals surface area contributed by atoms with Crippen LogP contribution in [0.15, 0.2) is 5.38 Å². The molecule has 0 aliphatic carbocycles. The van der Waals surface area contributed by atoms with Crippen LogP contribution in [-0.2, 0) is 16.1 Å². The number of carbonyl (C=O) groups is 3. The van der Waals surface area contributed by atoms with Gasteiger partial charge in [-0.3, -0.25) is 14.5 Å². The molecule has 1 aromatic rings. The summed E-state index contributed by atoms with van der Waals surface area (Å²) in [5.41, 5.74) is 0.112. The van der Waals surface area contributed by atoms with Crippen LogP contribution in [0, 0.1) is 6.92 Å². The second-order valence-electron chi connectivity index (χ2n) is 8.83. The topological polar surface area (TPSA) is 124 Å². The van der Waals surface area contributed by atoms with Crippen molar-refractivity contribution in [3.05, 3.63) is 16.1 Å². The van der Waals surface area contributed by atoms with E-state index >= 15 is 0 Å². The number of thiazole rings is 1. The van der Waals surface area contributed by atoms with E-state index in [0.717, 1.165) is 43.1 Å². The van der Waals surface area contributed by atoms with Crippen molar-refractivity contribution in [3.63, 3.8) is 0 Å². The molecule has 9 nitrogen and oxygen atoms in total. The summed E-state index contributed by atoms with van der Waals surface area (Å²) < 4.78 is 0. The number of hydrogen-bond donors (Lipinski definition) is 4. The fourth-order valence-electron chi connectivity index (χ4n) is 4.16. The van der Waals surface area contributed by atoms with Crippen molar-refractivity contribution in [1.82, 2.24) is 25.8 Å². The number of nitrogens with zero attached hydrogens (tertiary/aromatic N) is 2. The average molecular weight is 440 g/mol. The molecule has 0 saturated carbocycles. The van der Waals surface area contributed by atoms with E-state index in [2.05, 4.69) is 25.8 Å². The molecule has 1 aromatic heterocycles. The van der Waals surface area contributed by atoms with Gasteiger partial charge in [0.1, 0.15) is 5.54 Å². The summed E-state index contributed by atoms with van der Waals surface area (Å²) in [4.78, 5) is 40.4. The SMILES string of the molecule is Cc1nc(CNC(=O)[C@@]23CCCCN2C[C@@H](NC(=O)NC(C)(C)C)C3)cs1.O=CO. The zero-order valence-electron chi connectivity index (χ0n) is 18.2. The molecule has 0 aromatic carbocycles. The lowest BCUT2D eigenvalue weighted by atomic mass is 9.84. The van der Waals surface area contributed by atoms with Gasteiger partial charge in [0.05, 0.1) is 17.2 Å². The van der Waals surface area contributed by atoms with Gasteiger partial charge in [-0.1, -0.05) is 0 Å². The third kappa shape index (κ3) is 6.40. The first-order valence-electron chi connectivity index (χ1n) is 10.2. The number of nitrogens with one attached hydrogen (secondary N) is 3. The summed E-state index contributed by atoms with van der Waals surface area (Å²) in [6.07, 6.45) is 3.64. The smallest absolute Gasteiger partial charge is 0.315 e. The number of fused-ring (bicyclic) bond motifs is 1. The van der Waals surface area contributed by atoms with E-state index in [1.54, 1.807) is 11.3 Å². The third-order valence-electron chi connectivity index (χ3n) is 5.24. The molecule has 0 unspecified atom stereocenters. The van der Waals surface area contributed by atoms with Crippen LogP contribution in [0.1, 0.15) is 57.2 Å². The molecule has 30 heavy (non-hydrogen) atoms. The van der Waals surface area contributed by atoms with Gasteiger partial charge in [-0.2, -0.15) is 0 Å². The molecular weight excluding hydrogens is 406 g/mol. The number of aryl methyl sites for hydroxylation is 1. The van der Waals surface area contributed by atoms with E-state index < -0.39 is 5.54 Å². The van der Waals surface area contributed by atoms with Gasteiger partial charge >= 0.3 is 6.03 Å². The number of rotatable bonds is 4. The molecule has 2 fully saturated rings. The summed E-state index contributed by atoms with van der Waals surface area (Å²) in [5, 5.41) is 19.0. The van der Waals surface area contributed by atoms with Crippen LogP contribution in [-0.4, -0.2) is 63.6 Å². The zero-order chi connectivity index (χ0) is 22.4. The number of piperidine rings is 1. The standard InChI is InChI=1S/C19H31N5O2S.CH2O2/c1-13-21-15(12-27-13)10-20-16(25)19-7-5-6-8-24(19)11-14(9-19)22-17(26)23-18(2,3)4;2-1-3/h12,14H,5-11H2,1-4H3,(H,20,25)(H2,22,23,26);1H,(H,2,3)/t14-,19-;/m0./s1. The van der Waals surface area contributed by atoms with Gasteiger partial charge in [-0.25, -0.2) is 9.78 Å². The summed E-state index contributed by atoms with van der Waals surface area (Å²) in [5.74, 6) is 0.0633. The number of hydrogen-bond acceptors (Lipinski definition) is 6. The zero-order valence-corrected chi connectivity index (χ0v) is 19.0. The molecule has 2 saturated heterocycles. The Bertz CT molecular complexity index is 748. The van der Waals surface area contributed by atoms with E-state index in [1.807, 2.05) is 33.1 Å². The van der Waals surface area contributed by atoms with Crippen molar-refractivity contribution in [2.75, 3.05) is 13.1 Å². The minimum absolute atomic E-state index is 0.0160. The maximum atomic E-state index is 13.1. The Hall–Kier alpha value is -2.20. The lowest BCUT2D eigenvalue weighted by Gasteiger charge is -2.40. The monoisotopic (exact) mass is 439 g/mol.